The first-order valence-corrected chi connectivity index (χ1v) is 9.81. The van der Waals surface area contributed by atoms with Crippen molar-refractivity contribution in [1.29, 1.82) is 0 Å². The number of hydrogen-bond donors (Lipinski definition) is 3. The Morgan fingerprint density at radius 2 is 1.96 bits per heavy atom. The normalized spacial score (nSPS) is 13.5. The number of anilines is 1. The van der Waals surface area contributed by atoms with Crippen LogP contribution in [0.1, 0.15) is 24.8 Å². The zero-order valence-corrected chi connectivity index (χ0v) is 16.3. The van der Waals surface area contributed by atoms with Gasteiger partial charge < -0.3 is 20.5 Å². The first kappa shape index (κ1) is 19.7. The van der Waals surface area contributed by atoms with Crippen molar-refractivity contribution in [3.8, 4) is 0 Å². The molecular formula is C21H28N6O. The Labute approximate surface area is 165 Å². The molecule has 3 heterocycles. The molecule has 0 aliphatic carbocycles. The number of nitrogens with one attached hydrogen (secondary N) is 3. The molecule has 1 fully saturated rings. The fourth-order valence-corrected chi connectivity index (χ4v) is 3.32. The minimum atomic E-state index is -0.139. The summed E-state index contributed by atoms with van der Waals surface area (Å²) < 4.78 is 0. The summed E-state index contributed by atoms with van der Waals surface area (Å²) in [7, 11) is 1.61. The topological polar surface area (TPSA) is 85.9 Å². The number of para-hydroxylation sites is 1. The number of H-pyrrole nitrogens is 1. The first-order chi connectivity index (χ1) is 13.8. The highest BCUT2D eigenvalue weighted by molar-refractivity contribution is 5.83. The summed E-state index contributed by atoms with van der Waals surface area (Å²) in [5.74, 6) is 1.03. The number of urea groups is 1. The highest BCUT2D eigenvalue weighted by atomic mass is 16.2. The van der Waals surface area contributed by atoms with E-state index in [1.165, 1.54) is 30.2 Å². The van der Waals surface area contributed by atoms with Crippen LogP contribution < -0.4 is 15.5 Å². The summed E-state index contributed by atoms with van der Waals surface area (Å²) in [5.41, 5.74) is 2.37. The molecule has 3 N–H and O–H groups in total. The Morgan fingerprint density at radius 3 is 2.71 bits per heavy atom. The molecule has 148 valence electrons. The lowest BCUT2D eigenvalue weighted by Crippen LogP contribution is -2.33. The van der Waals surface area contributed by atoms with E-state index in [1.807, 2.05) is 36.5 Å². The van der Waals surface area contributed by atoms with Gasteiger partial charge in [-0.15, -0.1) is 5.10 Å². The maximum atomic E-state index is 11.0. The third-order valence-electron chi connectivity index (χ3n) is 4.82. The summed E-state index contributed by atoms with van der Waals surface area (Å²) in [4.78, 5) is 16.5. The monoisotopic (exact) mass is 380 g/mol. The van der Waals surface area contributed by atoms with Crippen molar-refractivity contribution in [3.63, 3.8) is 0 Å². The number of aromatic nitrogens is 3. The molecule has 4 rings (SSSR count). The second-order valence-electron chi connectivity index (χ2n) is 6.74. The number of carbonyl (C=O) groups is 1. The molecule has 3 aromatic rings. The van der Waals surface area contributed by atoms with Crippen LogP contribution in [0, 0.1) is 0 Å². The molecule has 28 heavy (non-hydrogen) atoms. The number of nitrogens with zero attached hydrogens (tertiary/aromatic N) is 3. The van der Waals surface area contributed by atoms with Crippen LogP contribution in [0.4, 0.5) is 10.6 Å². The van der Waals surface area contributed by atoms with Crippen LogP contribution in [0.2, 0.25) is 0 Å². The highest BCUT2D eigenvalue weighted by Crippen LogP contribution is 2.17. The van der Waals surface area contributed by atoms with Crippen LogP contribution in [0.15, 0.2) is 48.8 Å². The average molecular weight is 380 g/mol. The number of rotatable bonds is 4. The second kappa shape index (κ2) is 10.3. The number of benzene rings is 1. The second-order valence-corrected chi connectivity index (χ2v) is 6.74. The molecule has 1 aliphatic heterocycles. The lowest BCUT2D eigenvalue weighted by molar-refractivity contribution is 0.243. The van der Waals surface area contributed by atoms with Gasteiger partial charge in [0, 0.05) is 50.0 Å². The highest BCUT2D eigenvalue weighted by Gasteiger charge is 2.11. The Morgan fingerprint density at radius 1 is 1.14 bits per heavy atom. The molecule has 0 spiro atoms. The van der Waals surface area contributed by atoms with Gasteiger partial charge in [-0.3, -0.25) is 0 Å². The largest absolute Gasteiger partial charge is 0.361 e. The zero-order valence-electron chi connectivity index (χ0n) is 16.3. The van der Waals surface area contributed by atoms with Crippen LogP contribution in [0.25, 0.3) is 10.9 Å². The van der Waals surface area contributed by atoms with Crippen molar-refractivity contribution in [2.45, 2.75) is 25.7 Å². The molecular weight excluding hydrogens is 352 g/mol. The van der Waals surface area contributed by atoms with Gasteiger partial charge in [-0.1, -0.05) is 18.2 Å². The quantitative estimate of drug-likeness (QED) is 0.649. The molecule has 0 saturated carbocycles. The fourth-order valence-electron chi connectivity index (χ4n) is 3.32. The van der Waals surface area contributed by atoms with E-state index in [9.17, 15) is 4.79 Å². The molecule has 7 nitrogen and oxygen atoms in total. The molecule has 0 bridgehead atoms. The Hall–Kier alpha value is -3.09. The van der Waals surface area contributed by atoms with Crippen LogP contribution in [0.5, 0.6) is 0 Å². The number of carbonyl (C=O) groups excluding carboxylic acids is 1. The van der Waals surface area contributed by atoms with Crippen LogP contribution in [0.3, 0.4) is 0 Å². The van der Waals surface area contributed by atoms with Crippen molar-refractivity contribution >= 4 is 22.8 Å². The predicted molar refractivity (Wildman–Crippen MR) is 113 cm³/mol. The number of hydrogen-bond acceptors (Lipinski definition) is 4. The Bertz CT molecular complexity index is 857. The Balaban J connectivity index is 0.000000167. The number of amides is 2. The van der Waals surface area contributed by atoms with Gasteiger partial charge in [0.05, 0.1) is 0 Å². The molecule has 2 aromatic heterocycles. The van der Waals surface area contributed by atoms with Gasteiger partial charge in [0.1, 0.15) is 0 Å². The molecule has 0 atom stereocenters. The Kier molecular flexibility index (Phi) is 7.23. The molecule has 7 heteroatoms. The molecule has 1 aliphatic rings. The minimum Gasteiger partial charge on any atom is -0.361 e. The summed E-state index contributed by atoms with van der Waals surface area (Å²) >= 11 is 0. The van der Waals surface area contributed by atoms with Crippen LogP contribution >= 0.6 is 0 Å². The average Bonchev–Trinajstić information content (AvgIpc) is 3.18. The lowest BCUT2D eigenvalue weighted by atomic mass is 10.1. The van der Waals surface area contributed by atoms with E-state index in [1.54, 1.807) is 13.2 Å². The van der Waals surface area contributed by atoms with Crippen molar-refractivity contribution < 1.29 is 4.79 Å². The van der Waals surface area contributed by atoms with Gasteiger partial charge in [-0.05, 0) is 49.4 Å². The molecule has 0 radical (unpaired) electrons. The van der Waals surface area contributed by atoms with Crippen molar-refractivity contribution in [1.82, 2.24) is 25.8 Å². The van der Waals surface area contributed by atoms with E-state index in [4.69, 9.17) is 0 Å². The molecule has 1 aromatic carbocycles. The van der Waals surface area contributed by atoms with E-state index in [-0.39, 0.29) is 6.03 Å². The van der Waals surface area contributed by atoms with E-state index in [0.717, 1.165) is 30.8 Å². The van der Waals surface area contributed by atoms with Gasteiger partial charge in [0.25, 0.3) is 0 Å². The maximum Gasteiger partial charge on any atom is 0.314 e. The third kappa shape index (κ3) is 5.45. The third-order valence-corrected chi connectivity index (χ3v) is 4.82. The molecule has 1 saturated heterocycles. The van der Waals surface area contributed by atoms with Gasteiger partial charge in [-0.2, -0.15) is 5.10 Å². The van der Waals surface area contributed by atoms with E-state index < -0.39 is 0 Å². The van der Waals surface area contributed by atoms with Crippen LogP contribution in [-0.4, -0.2) is 47.9 Å². The van der Waals surface area contributed by atoms with Gasteiger partial charge in [0.2, 0.25) is 0 Å². The van der Waals surface area contributed by atoms with Crippen molar-refractivity contribution in [3.05, 3.63) is 54.4 Å². The fraction of sp³-hybridized carbons (Fsp3) is 0.381. The van der Waals surface area contributed by atoms with E-state index in [2.05, 4.69) is 36.8 Å². The summed E-state index contributed by atoms with van der Waals surface area (Å²) in [6, 6.07) is 12.0. The summed E-state index contributed by atoms with van der Waals surface area (Å²) in [5, 5.41) is 14.5. The predicted octanol–water partition coefficient (Wildman–Crippen LogP) is 3.11. The van der Waals surface area contributed by atoms with Gasteiger partial charge >= 0.3 is 6.03 Å². The van der Waals surface area contributed by atoms with Crippen molar-refractivity contribution in [2.24, 2.45) is 0 Å². The number of aromatic amines is 1. The van der Waals surface area contributed by atoms with E-state index in [0.29, 0.717) is 6.54 Å². The smallest absolute Gasteiger partial charge is 0.314 e. The number of fused-ring (bicyclic) bond motifs is 1. The SMILES string of the molecule is CNC(=O)NCCc1c[nH]c2ccccc12.c1cnnc(N2CCCCC2)c1. The first-order valence-electron chi connectivity index (χ1n) is 9.81. The summed E-state index contributed by atoms with van der Waals surface area (Å²) in [6.45, 7) is 2.92. The van der Waals surface area contributed by atoms with E-state index >= 15 is 0 Å². The standard InChI is InChI=1S/C12H15N3O.C9H13N3/c1-13-12(16)14-7-6-9-8-15-11-5-3-2-4-10(9)11;1-2-7-12(8-3-1)9-5-4-6-10-11-9/h2-5,8,15H,6-7H2,1H3,(H2,13,14,16);4-6H,1-3,7-8H2. The molecule has 2 amide bonds. The lowest BCUT2D eigenvalue weighted by Gasteiger charge is -2.26. The maximum absolute atomic E-state index is 11.0. The minimum absolute atomic E-state index is 0.139. The van der Waals surface area contributed by atoms with Gasteiger partial charge in [0.15, 0.2) is 5.82 Å². The summed E-state index contributed by atoms with van der Waals surface area (Å²) in [6.07, 6.45) is 8.48. The van der Waals surface area contributed by atoms with Crippen molar-refractivity contribution in [2.75, 3.05) is 31.6 Å². The van der Waals surface area contributed by atoms with Crippen LogP contribution in [-0.2, 0) is 6.42 Å². The molecule has 0 unspecified atom stereocenters. The number of piperidine rings is 1. The van der Waals surface area contributed by atoms with Gasteiger partial charge in [-0.25, -0.2) is 4.79 Å². The zero-order chi connectivity index (χ0) is 19.6.